The molecule has 0 unspecified atom stereocenters. The van der Waals surface area contributed by atoms with Crippen molar-refractivity contribution >= 4 is 29.6 Å². The number of alkyl halides is 3. The van der Waals surface area contributed by atoms with Gasteiger partial charge < -0.3 is 0 Å². The van der Waals surface area contributed by atoms with Crippen molar-refractivity contribution in [2.45, 2.75) is 13.1 Å². The van der Waals surface area contributed by atoms with Crippen LogP contribution >= 0.6 is 0 Å². The van der Waals surface area contributed by atoms with E-state index in [2.05, 4.69) is 15.2 Å². The van der Waals surface area contributed by atoms with Crippen LogP contribution in [-0.4, -0.2) is 44.7 Å². The fourth-order valence-corrected chi connectivity index (χ4v) is 0.469. The zero-order valence-corrected chi connectivity index (χ0v) is 8.03. The normalized spacial score (nSPS) is 10.9. The fourth-order valence-electron chi connectivity index (χ4n) is 0.469. The smallest absolute Gasteiger partial charge is 0.263 e. The van der Waals surface area contributed by atoms with Crippen LogP contribution in [0.5, 0.6) is 0 Å². The van der Waals surface area contributed by atoms with E-state index in [-0.39, 0.29) is 35.4 Å². The largest absolute Gasteiger partial charge is 0.453 e. The van der Waals surface area contributed by atoms with Gasteiger partial charge in [0.1, 0.15) is 5.82 Å². The third-order valence-electron chi connectivity index (χ3n) is 0.851. The summed E-state index contributed by atoms with van der Waals surface area (Å²) < 4.78 is 35.0. The Hall–Kier alpha value is -0.0700. The molecule has 1 N–H and O–H groups in total. The summed E-state index contributed by atoms with van der Waals surface area (Å²) in [5.41, 5.74) is 0. The molecule has 0 amide bonds. The molecule has 11 heavy (non-hydrogen) atoms. The van der Waals surface area contributed by atoms with Crippen molar-refractivity contribution in [3.8, 4) is 0 Å². The van der Waals surface area contributed by atoms with Gasteiger partial charge in [0.15, 0.2) is 0 Å². The monoisotopic (exact) mass is 174 g/mol. The first-order valence-corrected chi connectivity index (χ1v) is 2.46. The molecule has 57 valence electrons. The van der Waals surface area contributed by atoms with Gasteiger partial charge in [0, 0.05) is 29.6 Å². The minimum Gasteiger partial charge on any atom is -0.263 e. The van der Waals surface area contributed by atoms with E-state index < -0.39 is 12.0 Å². The molecule has 0 atom stereocenters. The van der Waals surface area contributed by atoms with Gasteiger partial charge in [-0.1, -0.05) is 0 Å². The van der Waals surface area contributed by atoms with Crippen molar-refractivity contribution in [3.63, 3.8) is 0 Å². The number of H-pyrrole nitrogens is 1. The van der Waals surface area contributed by atoms with Crippen LogP contribution in [0.2, 0.25) is 0 Å². The van der Waals surface area contributed by atoms with Crippen molar-refractivity contribution in [1.82, 2.24) is 15.2 Å². The van der Waals surface area contributed by atoms with E-state index in [1.807, 2.05) is 0 Å². The van der Waals surface area contributed by atoms with Crippen LogP contribution in [0.25, 0.3) is 0 Å². The Balaban J connectivity index is 0.000001000. The topological polar surface area (TPSA) is 41.6 Å². The maximum atomic E-state index is 11.7. The number of aryl methyl sites for hydroxylation is 1. The molecule has 0 spiro atoms. The van der Waals surface area contributed by atoms with Crippen molar-refractivity contribution < 1.29 is 13.2 Å². The molecule has 0 bridgehead atoms. The molecule has 0 aliphatic heterocycles. The van der Waals surface area contributed by atoms with Crippen molar-refractivity contribution in [2.75, 3.05) is 0 Å². The summed E-state index contributed by atoms with van der Waals surface area (Å²) in [5.74, 6) is -0.961. The van der Waals surface area contributed by atoms with Crippen LogP contribution in [0, 0.1) is 6.92 Å². The summed E-state index contributed by atoms with van der Waals surface area (Å²) in [6.07, 6.45) is -4.44. The molecule has 1 radical (unpaired) electrons. The number of halogens is 3. The molecule has 3 nitrogen and oxygen atoms in total. The van der Waals surface area contributed by atoms with Crippen LogP contribution in [0.15, 0.2) is 0 Å². The van der Waals surface area contributed by atoms with Gasteiger partial charge in [0.2, 0.25) is 0 Å². The molecule has 1 heterocycles. The molecule has 0 saturated heterocycles. The number of nitrogens with zero attached hydrogens (tertiary/aromatic N) is 2. The zero-order valence-electron chi connectivity index (χ0n) is 6.03. The van der Waals surface area contributed by atoms with E-state index in [1.54, 1.807) is 0 Å². The van der Waals surface area contributed by atoms with Gasteiger partial charge in [0.05, 0.1) is 0 Å². The van der Waals surface area contributed by atoms with Gasteiger partial charge in [-0.05, 0) is 6.92 Å². The molecule has 1 aromatic heterocycles. The average Bonchev–Trinajstić information content (AvgIpc) is 2.11. The molecular weight excluding hydrogens is 170 g/mol. The summed E-state index contributed by atoms with van der Waals surface area (Å²) >= 11 is 0. The first-order chi connectivity index (χ1) is 4.50. The third-order valence-corrected chi connectivity index (χ3v) is 0.851. The van der Waals surface area contributed by atoms with E-state index in [9.17, 15) is 13.2 Å². The van der Waals surface area contributed by atoms with Crippen LogP contribution < -0.4 is 0 Å². The molecule has 0 aromatic carbocycles. The molecule has 0 aliphatic rings. The van der Waals surface area contributed by atoms with Gasteiger partial charge in [-0.15, -0.1) is 5.10 Å². The second kappa shape index (κ2) is 3.55. The van der Waals surface area contributed by atoms with Crippen LogP contribution in [0.3, 0.4) is 0 Å². The SMILES string of the molecule is Cc1nc(C(F)(F)F)n[nH]1.[Na]. The minimum atomic E-state index is -4.44. The number of nitrogens with one attached hydrogen (secondary N) is 1. The van der Waals surface area contributed by atoms with E-state index in [4.69, 9.17) is 0 Å². The average molecular weight is 174 g/mol. The van der Waals surface area contributed by atoms with E-state index >= 15 is 0 Å². The number of hydrogen-bond acceptors (Lipinski definition) is 2. The van der Waals surface area contributed by atoms with Crippen molar-refractivity contribution in [2.24, 2.45) is 0 Å². The van der Waals surface area contributed by atoms with Gasteiger partial charge in [-0.25, -0.2) is 4.98 Å². The zero-order chi connectivity index (χ0) is 7.78. The van der Waals surface area contributed by atoms with Gasteiger partial charge in [-0.3, -0.25) is 5.10 Å². The molecule has 0 aliphatic carbocycles. The Labute approximate surface area is 82.7 Å². The Morgan fingerprint density at radius 1 is 1.36 bits per heavy atom. The number of rotatable bonds is 0. The Morgan fingerprint density at radius 3 is 2.09 bits per heavy atom. The molecule has 0 fully saturated rings. The Bertz CT molecular complexity index is 231. The molecule has 7 heteroatoms. The van der Waals surface area contributed by atoms with E-state index in [1.165, 1.54) is 6.92 Å². The summed E-state index contributed by atoms with van der Waals surface area (Å²) in [5, 5.41) is 5.02. The Morgan fingerprint density at radius 2 is 1.91 bits per heavy atom. The molecular formula is C4H4F3N3Na. The second-order valence-electron chi connectivity index (χ2n) is 1.74. The van der Waals surface area contributed by atoms with Crippen molar-refractivity contribution in [3.05, 3.63) is 11.6 Å². The number of aromatic amines is 1. The fraction of sp³-hybridized carbons (Fsp3) is 0.500. The molecule has 1 rings (SSSR count). The summed E-state index contributed by atoms with van der Waals surface area (Å²) in [7, 11) is 0. The predicted octanol–water partition coefficient (Wildman–Crippen LogP) is 0.751. The van der Waals surface area contributed by atoms with Crippen LogP contribution in [0.4, 0.5) is 13.2 Å². The maximum absolute atomic E-state index is 11.7. The number of aromatic nitrogens is 3. The van der Waals surface area contributed by atoms with E-state index in [0.717, 1.165) is 0 Å². The van der Waals surface area contributed by atoms with Gasteiger partial charge in [0.25, 0.3) is 5.82 Å². The first kappa shape index (κ1) is 10.9. The minimum absolute atomic E-state index is 0. The van der Waals surface area contributed by atoms with Crippen LogP contribution in [-0.2, 0) is 6.18 Å². The van der Waals surface area contributed by atoms with Crippen molar-refractivity contribution in [1.29, 1.82) is 0 Å². The van der Waals surface area contributed by atoms with Gasteiger partial charge >= 0.3 is 6.18 Å². The third kappa shape index (κ3) is 2.80. The van der Waals surface area contributed by atoms with Crippen LogP contribution in [0.1, 0.15) is 11.6 Å². The summed E-state index contributed by atoms with van der Waals surface area (Å²) in [6, 6.07) is 0. The predicted molar refractivity (Wildman–Crippen MR) is 31.9 cm³/mol. The number of hydrogen-bond donors (Lipinski definition) is 1. The quantitative estimate of drug-likeness (QED) is 0.589. The summed E-state index contributed by atoms with van der Waals surface area (Å²) in [6.45, 7) is 1.40. The standard InChI is InChI=1S/C4H4F3N3.Na/c1-2-8-3(10-9-2)4(5,6)7;/h1H3,(H,8,9,10);. The summed E-state index contributed by atoms with van der Waals surface area (Å²) in [4.78, 5) is 3.09. The molecule has 0 saturated carbocycles. The Kier molecular flexibility index (Phi) is 3.53. The van der Waals surface area contributed by atoms with Gasteiger partial charge in [-0.2, -0.15) is 13.2 Å². The first-order valence-electron chi connectivity index (χ1n) is 2.46. The van der Waals surface area contributed by atoms with E-state index in [0.29, 0.717) is 0 Å². The second-order valence-corrected chi connectivity index (χ2v) is 1.74. The molecule has 1 aromatic rings. The maximum Gasteiger partial charge on any atom is 0.453 e.